The Morgan fingerprint density at radius 1 is 1.28 bits per heavy atom. The molecule has 0 heterocycles. The molecule has 0 spiro atoms. The van der Waals surface area contributed by atoms with Crippen LogP contribution in [-0.4, -0.2) is 29.8 Å². The zero-order valence-corrected chi connectivity index (χ0v) is 11.2. The van der Waals surface area contributed by atoms with E-state index in [2.05, 4.69) is 0 Å². The number of ketones is 1. The van der Waals surface area contributed by atoms with Crippen LogP contribution in [0.15, 0.2) is 24.3 Å². The van der Waals surface area contributed by atoms with Gasteiger partial charge in [-0.15, -0.1) is 0 Å². The lowest BCUT2D eigenvalue weighted by Crippen LogP contribution is -2.09. The van der Waals surface area contributed by atoms with E-state index in [4.69, 9.17) is 15.3 Å². The van der Waals surface area contributed by atoms with E-state index in [9.17, 15) is 4.79 Å². The molecule has 18 heavy (non-hydrogen) atoms. The maximum absolute atomic E-state index is 11.0. The first kappa shape index (κ1) is 16.3. The van der Waals surface area contributed by atoms with Gasteiger partial charge in [-0.3, -0.25) is 10.2 Å². The molecule has 0 aliphatic carbocycles. The largest absolute Gasteiger partial charge is 0.494 e. The van der Waals surface area contributed by atoms with Gasteiger partial charge in [0.1, 0.15) is 11.5 Å². The molecule has 0 aliphatic heterocycles. The summed E-state index contributed by atoms with van der Waals surface area (Å²) in [5.74, 6) is 0.419. The van der Waals surface area contributed by atoms with Crippen LogP contribution in [0.2, 0.25) is 0 Å². The highest BCUT2D eigenvalue weighted by Crippen LogP contribution is 2.13. The fraction of sp³-hybridized carbons (Fsp3) is 0.429. The first-order chi connectivity index (χ1) is 8.65. The van der Waals surface area contributed by atoms with Crippen LogP contribution in [0.3, 0.4) is 0 Å². The van der Waals surface area contributed by atoms with Gasteiger partial charge < -0.3 is 9.84 Å². The van der Waals surface area contributed by atoms with E-state index in [-0.39, 0.29) is 18.1 Å². The monoisotopic (exact) mass is 251 g/mol. The molecule has 0 aliphatic rings. The van der Waals surface area contributed by atoms with Crippen LogP contribution in [0.1, 0.15) is 32.8 Å². The minimum atomic E-state index is -0.256. The number of carbonyl (C=O) groups excluding carboxylic acids is 1. The van der Waals surface area contributed by atoms with Gasteiger partial charge in [-0.25, -0.2) is 0 Å². The van der Waals surface area contributed by atoms with Gasteiger partial charge in [0, 0.05) is 25.5 Å². The summed E-state index contributed by atoms with van der Waals surface area (Å²) in [5.41, 5.74) is 0.587. The Balaban J connectivity index is 0.00000137. The molecule has 0 atom stereocenters. The quantitative estimate of drug-likeness (QED) is 0.602. The van der Waals surface area contributed by atoms with E-state index in [0.29, 0.717) is 24.3 Å². The molecule has 0 aromatic heterocycles. The van der Waals surface area contributed by atoms with E-state index in [1.165, 1.54) is 6.92 Å². The Morgan fingerprint density at radius 2 is 1.83 bits per heavy atom. The molecular weight excluding hydrogens is 230 g/mol. The van der Waals surface area contributed by atoms with Crippen LogP contribution >= 0.6 is 0 Å². The lowest BCUT2D eigenvalue weighted by molar-refractivity contribution is -0.111. The second-order valence-corrected chi connectivity index (χ2v) is 3.38. The number of Topliss-reactive ketones (excluding diaryl/α,β-unsaturated/α-hetero) is 1. The molecule has 4 nitrogen and oxygen atoms in total. The summed E-state index contributed by atoms with van der Waals surface area (Å²) in [6.45, 7) is 5.93. The first-order valence-corrected chi connectivity index (χ1v) is 6.08. The molecule has 2 N–H and O–H groups in total. The lowest BCUT2D eigenvalue weighted by Gasteiger charge is -2.06. The summed E-state index contributed by atoms with van der Waals surface area (Å²) >= 11 is 0. The van der Waals surface area contributed by atoms with Gasteiger partial charge in [0.25, 0.3) is 0 Å². The van der Waals surface area contributed by atoms with Crippen molar-refractivity contribution in [1.29, 1.82) is 5.41 Å². The maximum atomic E-state index is 11.0. The maximum Gasteiger partial charge on any atom is 0.177 e. The number of carbonyl (C=O) groups is 1. The van der Waals surface area contributed by atoms with Crippen molar-refractivity contribution >= 4 is 11.5 Å². The van der Waals surface area contributed by atoms with Crippen LogP contribution in [0.5, 0.6) is 5.75 Å². The standard InChI is InChI=1S/C12H15NO3.C2H6/c1-9(15)12(13)10-3-5-11(6-4-10)16-8-2-7-14;1-2/h3-6,13-14H,2,7-8H2,1H3;1-2H3. The van der Waals surface area contributed by atoms with Gasteiger partial charge in [0.05, 0.1) is 6.61 Å². The highest BCUT2D eigenvalue weighted by atomic mass is 16.5. The lowest BCUT2D eigenvalue weighted by atomic mass is 10.1. The van der Waals surface area contributed by atoms with Crippen molar-refractivity contribution in [2.24, 2.45) is 0 Å². The number of nitrogens with one attached hydrogen (secondary N) is 1. The molecule has 4 heteroatoms. The normalized spacial score (nSPS) is 9.11. The minimum Gasteiger partial charge on any atom is -0.494 e. The molecule has 0 unspecified atom stereocenters. The number of hydrogen-bond donors (Lipinski definition) is 2. The summed E-state index contributed by atoms with van der Waals surface area (Å²) in [6.07, 6.45) is 0.588. The average molecular weight is 251 g/mol. The summed E-state index contributed by atoms with van der Waals surface area (Å²) in [4.78, 5) is 11.0. The van der Waals surface area contributed by atoms with Crippen LogP contribution in [-0.2, 0) is 4.79 Å². The van der Waals surface area contributed by atoms with Crippen LogP contribution in [0.25, 0.3) is 0 Å². The summed E-state index contributed by atoms with van der Waals surface area (Å²) in [6, 6.07) is 6.78. The second kappa shape index (κ2) is 9.36. The highest BCUT2D eigenvalue weighted by Gasteiger charge is 2.06. The SMILES string of the molecule is CC.CC(=O)C(=N)c1ccc(OCCCO)cc1. The van der Waals surface area contributed by atoms with Crippen molar-refractivity contribution in [2.75, 3.05) is 13.2 Å². The number of ether oxygens (including phenoxy) is 1. The average Bonchev–Trinajstić information content (AvgIpc) is 2.41. The van der Waals surface area contributed by atoms with Crippen molar-refractivity contribution in [3.8, 4) is 5.75 Å². The summed E-state index contributed by atoms with van der Waals surface area (Å²) < 4.78 is 5.33. The topological polar surface area (TPSA) is 70.4 Å². The number of rotatable bonds is 6. The molecule has 0 bridgehead atoms. The van der Waals surface area contributed by atoms with Gasteiger partial charge in [-0.1, -0.05) is 13.8 Å². The molecule has 0 fully saturated rings. The number of benzene rings is 1. The van der Waals surface area contributed by atoms with Crippen molar-refractivity contribution in [1.82, 2.24) is 0 Å². The molecule has 1 rings (SSSR count). The third kappa shape index (κ3) is 5.59. The number of aliphatic hydroxyl groups excluding tert-OH is 1. The van der Waals surface area contributed by atoms with Crippen molar-refractivity contribution in [3.05, 3.63) is 29.8 Å². The third-order valence-corrected chi connectivity index (χ3v) is 2.07. The van der Waals surface area contributed by atoms with Gasteiger partial charge in [0.2, 0.25) is 0 Å². The summed E-state index contributed by atoms with van der Waals surface area (Å²) in [7, 11) is 0. The van der Waals surface area contributed by atoms with Crippen LogP contribution in [0, 0.1) is 5.41 Å². The molecular formula is C14H21NO3. The summed E-state index contributed by atoms with van der Waals surface area (Å²) in [5, 5.41) is 16.1. The van der Waals surface area contributed by atoms with Gasteiger partial charge in [-0.2, -0.15) is 0 Å². The fourth-order valence-electron chi connectivity index (χ4n) is 1.18. The Bertz CT molecular complexity index is 371. The zero-order valence-electron chi connectivity index (χ0n) is 11.2. The highest BCUT2D eigenvalue weighted by molar-refractivity contribution is 6.44. The van der Waals surface area contributed by atoms with Crippen LogP contribution < -0.4 is 4.74 Å². The Morgan fingerprint density at radius 3 is 2.28 bits per heavy atom. The first-order valence-electron chi connectivity index (χ1n) is 6.08. The Kier molecular flexibility index (Phi) is 8.49. The van der Waals surface area contributed by atoms with E-state index in [1.54, 1.807) is 24.3 Å². The van der Waals surface area contributed by atoms with Gasteiger partial charge in [0.15, 0.2) is 5.78 Å². The van der Waals surface area contributed by atoms with E-state index in [1.807, 2.05) is 13.8 Å². The zero-order chi connectivity index (χ0) is 14.0. The van der Waals surface area contributed by atoms with Gasteiger partial charge in [-0.05, 0) is 24.3 Å². The molecule has 1 aromatic rings. The van der Waals surface area contributed by atoms with E-state index in [0.717, 1.165) is 0 Å². The molecule has 0 radical (unpaired) electrons. The predicted octanol–water partition coefficient (Wildman–Crippen LogP) is 2.43. The molecule has 100 valence electrons. The molecule has 0 saturated heterocycles. The smallest absolute Gasteiger partial charge is 0.177 e. The minimum absolute atomic E-state index is 0.00177. The third-order valence-electron chi connectivity index (χ3n) is 2.07. The van der Waals surface area contributed by atoms with Crippen molar-refractivity contribution in [3.63, 3.8) is 0 Å². The Labute approximate surface area is 108 Å². The molecule has 0 saturated carbocycles. The fourth-order valence-corrected chi connectivity index (χ4v) is 1.18. The number of hydrogen-bond acceptors (Lipinski definition) is 4. The Hall–Kier alpha value is -1.68. The second-order valence-electron chi connectivity index (χ2n) is 3.38. The van der Waals surface area contributed by atoms with Crippen molar-refractivity contribution < 1.29 is 14.6 Å². The molecule has 1 aromatic carbocycles. The molecule has 0 amide bonds. The van der Waals surface area contributed by atoms with E-state index < -0.39 is 0 Å². The van der Waals surface area contributed by atoms with Crippen LogP contribution in [0.4, 0.5) is 0 Å². The predicted molar refractivity (Wildman–Crippen MR) is 72.5 cm³/mol. The van der Waals surface area contributed by atoms with E-state index >= 15 is 0 Å². The number of aliphatic hydroxyl groups is 1. The van der Waals surface area contributed by atoms with Crippen molar-refractivity contribution in [2.45, 2.75) is 27.2 Å². The van der Waals surface area contributed by atoms with Gasteiger partial charge >= 0.3 is 0 Å².